The fraction of sp³-hybridized carbons (Fsp3) is 0.500. The van der Waals surface area contributed by atoms with Crippen LogP contribution in [0.15, 0.2) is 15.7 Å². The van der Waals surface area contributed by atoms with Gasteiger partial charge in [0, 0.05) is 6.07 Å². The van der Waals surface area contributed by atoms with Gasteiger partial charge in [0.25, 0.3) is 5.56 Å². The molecule has 10 nitrogen and oxygen atoms in total. The number of ketones is 1. The Bertz CT molecular complexity index is 743. The maximum absolute atomic E-state index is 12.2. The van der Waals surface area contributed by atoms with Crippen LogP contribution in [-0.4, -0.2) is 70.6 Å². The summed E-state index contributed by atoms with van der Waals surface area (Å²) in [5.41, 5.74) is -4.15. The number of aromatic nitrogens is 2. The van der Waals surface area contributed by atoms with E-state index in [2.05, 4.69) is 4.98 Å². The number of carboxylic acids is 1. The molecular formula is C14H20N3O7+. The lowest BCUT2D eigenvalue weighted by Crippen LogP contribution is -2.56. The first-order chi connectivity index (χ1) is 10.8. The molecule has 0 amide bonds. The van der Waals surface area contributed by atoms with Gasteiger partial charge in [0.2, 0.25) is 5.60 Å². The van der Waals surface area contributed by atoms with Gasteiger partial charge in [0.05, 0.1) is 27.6 Å². The monoisotopic (exact) mass is 342 g/mol. The summed E-state index contributed by atoms with van der Waals surface area (Å²) in [5.74, 6) is -3.15. The summed E-state index contributed by atoms with van der Waals surface area (Å²) in [7, 11) is 5.09. The Balaban J connectivity index is 3.30. The van der Waals surface area contributed by atoms with Gasteiger partial charge in [-0.2, -0.15) is 0 Å². The van der Waals surface area contributed by atoms with Crippen molar-refractivity contribution in [2.75, 3.05) is 27.7 Å². The highest BCUT2D eigenvalue weighted by molar-refractivity contribution is 5.95. The molecule has 1 aromatic heterocycles. The molecular weight excluding hydrogens is 322 g/mol. The molecule has 0 spiro atoms. The van der Waals surface area contributed by atoms with E-state index in [0.717, 1.165) is 13.0 Å². The minimum Gasteiger partial charge on any atom is -0.481 e. The van der Waals surface area contributed by atoms with Gasteiger partial charge in [-0.05, 0) is 6.92 Å². The topological polar surface area (TPSA) is 146 Å². The lowest BCUT2D eigenvalue weighted by atomic mass is 9.93. The third kappa shape index (κ3) is 5.16. The fourth-order valence-electron chi connectivity index (χ4n) is 2.25. The molecule has 0 aliphatic rings. The number of quaternary nitrogens is 1. The van der Waals surface area contributed by atoms with Crippen LogP contribution in [0.3, 0.4) is 0 Å². The average Bonchev–Trinajstić information content (AvgIpc) is 2.33. The van der Waals surface area contributed by atoms with Crippen molar-refractivity contribution in [2.24, 2.45) is 0 Å². The smallest absolute Gasteiger partial charge is 0.356 e. The van der Waals surface area contributed by atoms with Crippen molar-refractivity contribution in [2.45, 2.75) is 18.9 Å². The SMILES string of the molecule is CC(=O)[C@@](CC(=O)O)(C[N+](C)(C)C)OC(=O)c1cc(=O)[nH]c(=O)[nH]1. The van der Waals surface area contributed by atoms with E-state index in [0.29, 0.717) is 0 Å². The number of hydrogen-bond acceptors (Lipinski definition) is 6. The molecule has 0 aromatic carbocycles. The second-order valence-corrected chi connectivity index (χ2v) is 6.46. The molecule has 132 valence electrons. The summed E-state index contributed by atoms with van der Waals surface area (Å²) in [6.07, 6.45) is -0.739. The highest BCUT2D eigenvalue weighted by Crippen LogP contribution is 2.23. The number of ether oxygens (including phenoxy) is 1. The number of likely N-dealkylation sites (N-methyl/N-ethyl adjacent to an activating group) is 1. The molecule has 10 heteroatoms. The molecule has 0 saturated heterocycles. The Morgan fingerprint density at radius 1 is 1.21 bits per heavy atom. The number of carbonyl (C=O) groups is 3. The van der Waals surface area contributed by atoms with Gasteiger partial charge in [0.1, 0.15) is 12.2 Å². The van der Waals surface area contributed by atoms with E-state index in [1.807, 2.05) is 4.98 Å². The molecule has 0 bridgehead atoms. The van der Waals surface area contributed by atoms with Crippen LogP contribution in [0, 0.1) is 0 Å². The van der Waals surface area contributed by atoms with Gasteiger partial charge in [-0.25, -0.2) is 9.59 Å². The molecule has 24 heavy (non-hydrogen) atoms. The second-order valence-electron chi connectivity index (χ2n) is 6.46. The van der Waals surface area contributed by atoms with Gasteiger partial charge >= 0.3 is 17.6 Å². The molecule has 0 aliphatic carbocycles. The summed E-state index contributed by atoms with van der Waals surface area (Å²) < 4.78 is 5.32. The van der Waals surface area contributed by atoms with E-state index in [1.54, 1.807) is 21.1 Å². The van der Waals surface area contributed by atoms with Crippen LogP contribution in [0.2, 0.25) is 0 Å². The highest BCUT2D eigenvalue weighted by atomic mass is 16.6. The number of carboxylic acid groups (broad SMARTS) is 1. The number of nitrogens with one attached hydrogen (secondary N) is 2. The third-order valence-electron chi connectivity index (χ3n) is 3.08. The number of carbonyl (C=O) groups excluding carboxylic acids is 2. The number of esters is 1. The van der Waals surface area contributed by atoms with Gasteiger partial charge in [-0.1, -0.05) is 0 Å². The molecule has 1 atom stereocenters. The Hall–Kier alpha value is -2.75. The zero-order chi connectivity index (χ0) is 18.7. The number of nitrogens with zero attached hydrogens (tertiary/aromatic N) is 1. The van der Waals surface area contributed by atoms with E-state index in [4.69, 9.17) is 9.84 Å². The number of Topliss-reactive ketones (excluding diaryl/α,β-unsaturated/α-hetero) is 1. The van der Waals surface area contributed by atoms with Crippen molar-refractivity contribution in [3.63, 3.8) is 0 Å². The predicted molar refractivity (Wildman–Crippen MR) is 81.7 cm³/mol. The summed E-state index contributed by atoms with van der Waals surface area (Å²) in [6.45, 7) is 1.01. The van der Waals surface area contributed by atoms with Crippen LogP contribution in [0.5, 0.6) is 0 Å². The summed E-state index contributed by atoms with van der Waals surface area (Å²) in [4.78, 5) is 62.0. The van der Waals surface area contributed by atoms with Crippen LogP contribution in [0.4, 0.5) is 0 Å². The quantitative estimate of drug-likeness (QED) is 0.413. The van der Waals surface area contributed by atoms with Crippen LogP contribution < -0.4 is 11.2 Å². The Morgan fingerprint density at radius 2 is 1.79 bits per heavy atom. The minimum absolute atomic E-state index is 0.103. The second kappa shape index (κ2) is 6.79. The van der Waals surface area contributed by atoms with Crippen LogP contribution in [0.1, 0.15) is 23.8 Å². The molecule has 1 rings (SSSR count). The van der Waals surface area contributed by atoms with Gasteiger partial charge in [-0.15, -0.1) is 0 Å². The summed E-state index contributed by atoms with van der Waals surface area (Å²) in [6, 6.07) is 0.793. The van der Waals surface area contributed by atoms with Crippen molar-refractivity contribution < 1.29 is 28.7 Å². The van der Waals surface area contributed by atoms with E-state index < -0.39 is 46.7 Å². The molecule has 0 saturated carbocycles. The van der Waals surface area contributed by atoms with Crippen LogP contribution >= 0.6 is 0 Å². The normalized spacial score (nSPS) is 13.8. The highest BCUT2D eigenvalue weighted by Gasteiger charge is 2.47. The number of rotatable bonds is 7. The third-order valence-corrected chi connectivity index (χ3v) is 3.08. The Morgan fingerprint density at radius 3 is 2.21 bits per heavy atom. The van der Waals surface area contributed by atoms with Crippen molar-refractivity contribution in [1.82, 2.24) is 9.97 Å². The predicted octanol–water partition coefficient (Wildman–Crippen LogP) is -1.27. The van der Waals surface area contributed by atoms with Crippen molar-refractivity contribution in [1.29, 1.82) is 0 Å². The molecule has 3 N–H and O–H groups in total. The standard InChI is InChI=1S/C14H19N3O7/c1-8(18)14(6-11(20)21,7-17(2,3)4)24-12(22)9-5-10(19)16-13(23)15-9/h5H,6-7H2,1-4H3,(H2-,15,16,19,20,21,23)/p+1/t14-/m1/s1. The zero-order valence-electron chi connectivity index (χ0n) is 13.8. The molecule has 0 radical (unpaired) electrons. The lowest BCUT2D eigenvalue weighted by molar-refractivity contribution is -0.875. The van der Waals surface area contributed by atoms with Gasteiger partial charge < -0.3 is 19.3 Å². The first-order valence-corrected chi connectivity index (χ1v) is 6.95. The molecule has 0 aliphatic heterocycles. The van der Waals surface area contributed by atoms with Gasteiger partial charge in [0.15, 0.2) is 5.78 Å². The van der Waals surface area contributed by atoms with Crippen LogP contribution in [-0.2, 0) is 14.3 Å². The number of aromatic amines is 2. The van der Waals surface area contributed by atoms with Crippen molar-refractivity contribution in [3.8, 4) is 0 Å². The molecule has 1 aromatic rings. The molecule has 0 unspecified atom stereocenters. The molecule has 1 heterocycles. The summed E-state index contributed by atoms with van der Waals surface area (Å²) >= 11 is 0. The number of aliphatic carboxylic acids is 1. The number of hydrogen-bond donors (Lipinski definition) is 3. The summed E-state index contributed by atoms with van der Waals surface area (Å²) in [5, 5.41) is 9.10. The molecule has 0 fully saturated rings. The van der Waals surface area contributed by atoms with Crippen LogP contribution in [0.25, 0.3) is 0 Å². The fourth-order valence-corrected chi connectivity index (χ4v) is 2.25. The van der Waals surface area contributed by atoms with Crippen molar-refractivity contribution in [3.05, 3.63) is 32.6 Å². The van der Waals surface area contributed by atoms with E-state index in [1.165, 1.54) is 0 Å². The maximum Gasteiger partial charge on any atom is 0.356 e. The van der Waals surface area contributed by atoms with Crippen molar-refractivity contribution >= 4 is 17.7 Å². The Kier molecular flexibility index (Phi) is 5.46. The van der Waals surface area contributed by atoms with E-state index in [9.17, 15) is 24.0 Å². The number of H-pyrrole nitrogens is 2. The van der Waals surface area contributed by atoms with E-state index >= 15 is 0 Å². The van der Waals surface area contributed by atoms with Gasteiger partial charge in [-0.3, -0.25) is 19.4 Å². The Labute approximate surface area is 136 Å². The average molecular weight is 342 g/mol. The van der Waals surface area contributed by atoms with E-state index in [-0.39, 0.29) is 11.0 Å². The zero-order valence-corrected chi connectivity index (χ0v) is 13.8. The lowest BCUT2D eigenvalue weighted by Gasteiger charge is -2.36. The first-order valence-electron chi connectivity index (χ1n) is 6.95. The largest absolute Gasteiger partial charge is 0.481 e. The maximum atomic E-state index is 12.2. The minimum atomic E-state index is -1.93. The first kappa shape index (κ1) is 19.3.